The van der Waals surface area contributed by atoms with Gasteiger partial charge in [0.1, 0.15) is 0 Å². The number of hydrogen-bond donors (Lipinski definition) is 1. The van der Waals surface area contributed by atoms with Crippen molar-refractivity contribution in [2.45, 2.75) is 27.2 Å². The second-order valence-corrected chi connectivity index (χ2v) is 4.95. The molecule has 0 bridgehead atoms. The molecule has 116 valence electrons. The molecule has 22 heavy (non-hydrogen) atoms. The maximum atomic E-state index is 12.2. The lowest BCUT2D eigenvalue weighted by molar-refractivity contribution is 0.102. The van der Waals surface area contributed by atoms with E-state index in [1.807, 2.05) is 43.0 Å². The Bertz CT molecular complexity index is 604. The van der Waals surface area contributed by atoms with Crippen molar-refractivity contribution in [1.82, 2.24) is 9.97 Å². The van der Waals surface area contributed by atoms with Crippen molar-refractivity contribution in [1.29, 1.82) is 0 Å². The third-order valence-electron chi connectivity index (χ3n) is 3.57. The van der Waals surface area contributed by atoms with Crippen LogP contribution in [0.1, 0.15) is 36.7 Å². The van der Waals surface area contributed by atoms with Crippen molar-refractivity contribution >= 4 is 17.5 Å². The van der Waals surface area contributed by atoms with Gasteiger partial charge in [0, 0.05) is 31.2 Å². The second-order valence-electron chi connectivity index (χ2n) is 4.95. The first-order valence-electron chi connectivity index (χ1n) is 7.65. The molecule has 2 aromatic rings. The van der Waals surface area contributed by atoms with Crippen LogP contribution in [0.15, 0.2) is 36.7 Å². The van der Waals surface area contributed by atoms with E-state index in [-0.39, 0.29) is 5.91 Å². The fourth-order valence-electron chi connectivity index (χ4n) is 2.14. The summed E-state index contributed by atoms with van der Waals surface area (Å²) in [5.41, 5.74) is 2.47. The van der Waals surface area contributed by atoms with Crippen molar-refractivity contribution in [2.75, 3.05) is 23.3 Å². The number of carbonyl (C=O) groups excluding carboxylic acids is 1. The molecule has 0 aliphatic rings. The van der Waals surface area contributed by atoms with Crippen LogP contribution in [-0.4, -0.2) is 29.0 Å². The SMILES string of the molecule is CCc1ccc(NC(=O)c2cnc(N(CC)CC)nc2)cc1. The van der Waals surface area contributed by atoms with Crippen molar-refractivity contribution < 1.29 is 4.79 Å². The van der Waals surface area contributed by atoms with Crippen LogP contribution >= 0.6 is 0 Å². The molecule has 1 heterocycles. The molecule has 0 fully saturated rings. The number of benzene rings is 1. The van der Waals surface area contributed by atoms with Crippen LogP contribution in [0.5, 0.6) is 0 Å². The Morgan fingerprint density at radius 3 is 2.14 bits per heavy atom. The Morgan fingerprint density at radius 2 is 1.64 bits per heavy atom. The zero-order chi connectivity index (χ0) is 15.9. The summed E-state index contributed by atoms with van der Waals surface area (Å²) >= 11 is 0. The van der Waals surface area contributed by atoms with Gasteiger partial charge in [0.25, 0.3) is 5.91 Å². The fourth-order valence-corrected chi connectivity index (χ4v) is 2.14. The van der Waals surface area contributed by atoms with E-state index in [0.717, 1.165) is 25.2 Å². The van der Waals surface area contributed by atoms with Crippen LogP contribution in [-0.2, 0) is 6.42 Å². The highest BCUT2D eigenvalue weighted by Gasteiger charge is 2.10. The van der Waals surface area contributed by atoms with E-state index in [1.165, 1.54) is 5.56 Å². The van der Waals surface area contributed by atoms with Crippen LogP contribution < -0.4 is 10.2 Å². The van der Waals surface area contributed by atoms with Gasteiger partial charge in [0.15, 0.2) is 0 Å². The van der Waals surface area contributed by atoms with Crippen molar-refractivity contribution in [3.05, 3.63) is 47.8 Å². The number of aromatic nitrogens is 2. The van der Waals surface area contributed by atoms with Crippen LogP contribution in [0, 0.1) is 0 Å². The van der Waals surface area contributed by atoms with E-state index in [4.69, 9.17) is 0 Å². The zero-order valence-electron chi connectivity index (χ0n) is 13.3. The van der Waals surface area contributed by atoms with Gasteiger partial charge in [0.05, 0.1) is 5.56 Å². The number of rotatable bonds is 6. The molecule has 0 atom stereocenters. The van der Waals surface area contributed by atoms with E-state index in [2.05, 4.69) is 22.2 Å². The van der Waals surface area contributed by atoms with Crippen LogP contribution in [0.3, 0.4) is 0 Å². The molecule has 0 unspecified atom stereocenters. The van der Waals surface area contributed by atoms with Crippen molar-refractivity contribution in [3.8, 4) is 0 Å². The summed E-state index contributed by atoms with van der Waals surface area (Å²) < 4.78 is 0. The predicted octanol–water partition coefficient (Wildman–Crippen LogP) is 3.14. The Labute approximate surface area is 131 Å². The summed E-state index contributed by atoms with van der Waals surface area (Å²) in [4.78, 5) is 22.7. The predicted molar refractivity (Wildman–Crippen MR) is 89.4 cm³/mol. The lowest BCUT2D eigenvalue weighted by Gasteiger charge is -2.18. The summed E-state index contributed by atoms with van der Waals surface area (Å²) in [6.45, 7) is 7.88. The normalized spacial score (nSPS) is 10.3. The largest absolute Gasteiger partial charge is 0.341 e. The van der Waals surface area contributed by atoms with Gasteiger partial charge in [-0.2, -0.15) is 0 Å². The third-order valence-corrected chi connectivity index (χ3v) is 3.57. The lowest BCUT2D eigenvalue weighted by Crippen LogP contribution is -2.24. The molecule has 0 aliphatic carbocycles. The fraction of sp³-hybridized carbons (Fsp3) is 0.353. The van der Waals surface area contributed by atoms with E-state index < -0.39 is 0 Å². The highest BCUT2D eigenvalue weighted by atomic mass is 16.1. The summed E-state index contributed by atoms with van der Waals surface area (Å²) in [6.07, 6.45) is 4.11. The summed E-state index contributed by atoms with van der Waals surface area (Å²) in [7, 11) is 0. The van der Waals surface area contributed by atoms with Gasteiger partial charge in [-0.1, -0.05) is 19.1 Å². The molecule has 0 saturated heterocycles. The van der Waals surface area contributed by atoms with Gasteiger partial charge >= 0.3 is 0 Å². The maximum Gasteiger partial charge on any atom is 0.258 e. The monoisotopic (exact) mass is 298 g/mol. The molecule has 0 radical (unpaired) electrons. The molecule has 0 aliphatic heterocycles. The van der Waals surface area contributed by atoms with E-state index in [1.54, 1.807) is 12.4 Å². The van der Waals surface area contributed by atoms with Gasteiger partial charge in [-0.15, -0.1) is 0 Å². The first kappa shape index (κ1) is 15.9. The maximum absolute atomic E-state index is 12.2. The average Bonchev–Trinajstić information content (AvgIpc) is 2.57. The van der Waals surface area contributed by atoms with Gasteiger partial charge in [0.2, 0.25) is 5.95 Å². The molecule has 0 spiro atoms. The number of aryl methyl sites for hydroxylation is 1. The Balaban J connectivity index is 2.05. The Morgan fingerprint density at radius 1 is 1.05 bits per heavy atom. The Hall–Kier alpha value is -2.43. The number of hydrogen-bond acceptors (Lipinski definition) is 4. The van der Waals surface area contributed by atoms with Crippen LogP contribution in [0.4, 0.5) is 11.6 Å². The molecule has 1 N–H and O–H groups in total. The van der Waals surface area contributed by atoms with Gasteiger partial charge in [-0.25, -0.2) is 9.97 Å². The molecular formula is C17H22N4O. The highest BCUT2D eigenvalue weighted by Crippen LogP contribution is 2.12. The molecule has 1 amide bonds. The van der Waals surface area contributed by atoms with Gasteiger partial charge in [-0.05, 0) is 38.0 Å². The quantitative estimate of drug-likeness (QED) is 0.890. The van der Waals surface area contributed by atoms with E-state index in [0.29, 0.717) is 11.5 Å². The topological polar surface area (TPSA) is 58.1 Å². The van der Waals surface area contributed by atoms with Gasteiger partial charge < -0.3 is 10.2 Å². The summed E-state index contributed by atoms with van der Waals surface area (Å²) in [5.74, 6) is 0.448. The second kappa shape index (κ2) is 7.54. The highest BCUT2D eigenvalue weighted by molar-refractivity contribution is 6.03. The van der Waals surface area contributed by atoms with E-state index >= 15 is 0 Å². The van der Waals surface area contributed by atoms with Crippen molar-refractivity contribution in [2.24, 2.45) is 0 Å². The average molecular weight is 298 g/mol. The number of carbonyl (C=O) groups is 1. The zero-order valence-corrected chi connectivity index (χ0v) is 13.3. The standard InChI is InChI=1S/C17H22N4O/c1-4-13-7-9-15(10-8-13)20-16(22)14-11-18-17(19-12-14)21(5-2)6-3/h7-12H,4-6H2,1-3H3,(H,20,22). The molecule has 5 nitrogen and oxygen atoms in total. The summed E-state index contributed by atoms with van der Waals surface area (Å²) in [5, 5.41) is 2.85. The molecule has 1 aromatic carbocycles. The van der Waals surface area contributed by atoms with Crippen LogP contribution in [0.25, 0.3) is 0 Å². The number of nitrogens with one attached hydrogen (secondary N) is 1. The van der Waals surface area contributed by atoms with Crippen LogP contribution in [0.2, 0.25) is 0 Å². The third kappa shape index (κ3) is 3.81. The molecule has 1 aromatic heterocycles. The lowest BCUT2D eigenvalue weighted by atomic mass is 10.1. The molecular weight excluding hydrogens is 276 g/mol. The molecule has 5 heteroatoms. The number of nitrogens with zero attached hydrogens (tertiary/aromatic N) is 3. The van der Waals surface area contributed by atoms with E-state index in [9.17, 15) is 4.79 Å². The summed E-state index contributed by atoms with van der Waals surface area (Å²) in [6, 6.07) is 7.83. The smallest absolute Gasteiger partial charge is 0.258 e. The minimum Gasteiger partial charge on any atom is -0.341 e. The number of amides is 1. The first-order valence-corrected chi connectivity index (χ1v) is 7.65. The minimum atomic E-state index is -0.199. The van der Waals surface area contributed by atoms with Crippen molar-refractivity contribution in [3.63, 3.8) is 0 Å². The van der Waals surface area contributed by atoms with Gasteiger partial charge in [-0.3, -0.25) is 4.79 Å². The minimum absolute atomic E-state index is 0.199. The first-order chi connectivity index (χ1) is 10.7. The Kier molecular flexibility index (Phi) is 5.47. The number of anilines is 2. The molecule has 0 saturated carbocycles. The molecule has 2 rings (SSSR count).